The van der Waals surface area contributed by atoms with Gasteiger partial charge in [0.1, 0.15) is 0 Å². The zero-order valence-electron chi connectivity index (χ0n) is 13.4. The van der Waals surface area contributed by atoms with Crippen molar-refractivity contribution in [3.05, 3.63) is 35.5 Å². The number of hydrogen-bond donors (Lipinski definition) is 1. The predicted molar refractivity (Wildman–Crippen MR) is 87.7 cm³/mol. The minimum atomic E-state index is 0.457. The Labute approximate surface area is 128 Å². The van der Waals surface area contributed by atoms with Crippen LogP contribution in [0.2, 0.25) is 0 Å². The zero-order valence-corrected chi connectivity index (χ0v) is 13.4. The van der Waals surface area contributed by atoms with Gasteiger partial charge >= 0.3 is 0 Å². The van der Waals surface area contributed by atoms with E-state index in [4.69, 9.17) is 4.74 Å². The van der Waals surface area contributed by atoms with E-state index < -0.39 is 0 Å². The highest BCUT2D eigenvalue weighted by molar-refractivity contribution is 5.22. The second-order valence-corrected chi connectivity index (χ2v) is 5.80. The van der Waals surface area contributed by atoms with E-state index >= 15 is 0 Å². The maximum absolute atomic E-state index is 5.13. The fourth-order valence-electron chi connectivity index (χ4n) is 2.90. The summed E-state index contributed by atoms with van der Waals surface area (Å²) >= 11 is 0. The monoisotopic (exact) mass is 288 g/mol. The van der Waals surface area contributed by atoms with E-state index in [1.54, 1.807) is 12.7 Å². The Balaban J connectivity index is 2.05. The SMILES string of the molecule is CCCNC(Cc1ccc(OC)nc1)C1=CCCCCC1. The summed E-state index contributed by atoms with van der Waals surface area (Å²) in [5.74, 6) is 0.686. The molecule has 1 aliphatic carbocycles. The van der Waals surface area contributed by atoms with E-state index in [1.807, 2.05) is 12.3 Å². The van der Waals surface area contributed by atoms with Crippen LogP contribution in [0.4, 0.5) is 0 Å². The quantitative estimate of drug-likeness (QED) is 0.773. The van der Waals surface area contributed by atoms with E-state index in [0.29, 0.717) is 11.9 Å². The first kappa shape index (κ1) is 16.0. The van der Waals surface area contributed by atoms with Gasteiger partial charge in [-0.15, -0.1) is 0 Å². The highest BCUT2D eigenvalue weighted by Crippen LogP contribution is 2.22. The van der Waals surface area contributed by atoms with Crippen LogP contribution in [0.15, 0.2) is 30.0 Å². The molecule has 0 fully saturated rings. The summed E-state index contributed by atoms with van der Waals surface area (Å²) in [6.07, 6.45) is 13.1. The summed E-state index contributed by atoms with van der Waals surface area (Å²) in [4.78, 5) is 4.32. The van der Waals surface area contributed by atoms with E-state index in [9.17, 15) is 0 Å². The molecule has 0 radical (unpaired) electrons. The van der Waals surface area contributed by atoms with Crippen molar-refractivity contribution in [2.45, 2.75) is 57.9 Å². The molecule has 1 aromatic rings. The molecule has 1 N–H and O–H groups in total. The van der Waals surface area contributed by atoms with Crippen LogP contribution in [0, 0.1) is 0 Å². The molecule has 0 spiro atoms. The minimum Gasteiger partial charge on any atom is -0.481 e. The van der Waals surface area contributed by atoms with Crippen LogP contribution in [0.1, 0.15) is 51.0 Å². The van der Waals surface area contributed by atoms with Gasteiger partial charge in [-0.2, -0.15) is 0 Å². The van der Waals surface area contributed by atoms with Gasteiger partial charge in [-0.25, -0.2) is 4.98 Å². The maximum atomic E-state index is 5.13. The number of allylic oxidation sites excluding steroid dienone is 1. The van der Waals surface area contributed by atoms with Crippen LogP contribution in [0.3, 0.4) is 0 Å². The van der Waals surface area contributed by atoms with Crippen molar-refractivity contribution in [3.8, 4) is 5.88 Å². The lowest BCUT2D eigenvalue weighted by Gasteiger charge is -2.22. The number of ether oxygens (including phenoxy) is 1. The van der Waals surface area contributed by atoms with Crippen molar-refractivity contribution < 1.29 is 4.74 Å². The normalized spacial score (nSPS) is 17.0. The van der Waals surface area contributed by atoms with Gasteiger partial charge in [0.05, 0.1) is 7.11 Å². The first-order valence-electron chi connectivity index (χ1n) is 8.24. The predicted octanol–water partition coefficient (Wildman–Crippen LogP) is 3.89. The number of pyridine rings is 1. The molecule has 21 heavy (non-hydrogen) atoms. The second-order valence-electron chi connectivity index (χ2n) is 5.80. The molecule has 1 atom stereocenters. The molecule has 1 aromatic heterocycles. The van der Waals surface area contributed by atoms with E-state index in [-0.39, 0.29) is 0 Å². The van der Waals surface area contributed by atoms with Gasteiger partial charge in [0.25, 0.3) is 0 Å². The number of rotatable bonds is 7. The summed E-state index contributed by atoms with van der Waals surface area (Å²) < 4.78 is 5.13. The molecule has 0 saturated carbocycles. The highest BCUT2D eigenvalue weighted by Gasteiger charge is 2.15. The number of methoxy groups -OCH3 is 1. The van der Waals surface area contributed by atoms with Crippen LogP contribution >= 0.6 is 0 Å². The minimum absolute atomic E-state index is 0.457. The zero-order chi connectivity index (χ0) is 14.9. The fourth-order valence-corrected chi connectivity index (χ4v) is 2.90. The number of nitrogens with one attached hydrogen (secondary N) is 1. The van der Waals surface area contributed by atoms with E-state index in [1.165, 1.54) is 44.1 Å². The Morgan fingerprint density at radius 2 is 2.19 bits per heavy atom. The first-order chi connectivity index (χ1) is 10.3. The third kappa shape index (κ3) is 5.16. The molecule has 0 aromatic carbocycles. The molecule has 1 unspecified atom stereocenters. The molecule has 0 amide bonds. The molecular weight excluding hydrogens is 260 g/mol. The maximum Gasteiger partial charge on any atom is 0.212 e. The van der Waals surface area contributed by atoms with E-state index in [0.717, 1.165) is 13.0 Å². The molecule has 1 aliphatic rings. The molecule has 3 nitrogen and oxygen atoms in total. The molecule has 0 saturated heterocycles. The lowest BCUT2D eigenvalue weighted by atomic mass is 9.96. The van der Waals surface area contributed by atoms with Crippen molar-refractivity contribution in [2.24, 2.45) is 0 Å². The van der Waals surface area contributed by atoms with Crippen molar-refractivity contribution >= 4 is 0 Å². The number of nitrogens with zero attached hydrogens (tertiary/aromatic N) is 1. The number of hydrogen-bond acceptors (Lipinski definition) is 3. The third-order valence-corrected chi connectivity index (χ3v) is 4.11. The molecule has 2 rings (SSSR count). The van der Waals surface area contributed by atoms with E-state index in [2.05, 4.69) is 29.4 Å². The van der Waals surface area contributed by atoms with Crippen molar-refractivity contribution in [1.82, 2.24) is 10.3 Å². The van der Waals surface area contributed by atoms with Gasteiger partial charge < -0.3 is 10.1 Å². The van der Waals surface area contributed by atoms with Gasteiger partial charge in [0.2, 0.25) is 5.88 Å². The lowest BCUT2D eigenvalue weighted by Crippen LogP contribution is -2.33. The van der Waals surface area contributed by atoms with Crippen LogP contribution in [-0.2, 0) is 6.42 Å². The summed E-state index contributed by atoms with van der Waals surface area (Å²) in [7, 11) is 1.66. The smallest absolute Gasteiger partial charge is 0.212 e. The first-order valence-corrected chi connectivity index (χ1v) is 8.24. The van der Waals surface area contributed by atoms with Gasteiger partial charge in [-0.1, -0.05) is 31.1 Å². The second kappa shape index (κ2) is 8.83. The van der Waals surface area contributed by atoms with Gasteiger partial charge in [-0.3, -0.25) is 0 Å². The average Bonchev–Trinajstić information content (AvgIpc) is 2.81. The summed E-state index contributed by atoms with van der Waals surface area (Å²) in [6.45, 7) is 3.30. The van der Waals surface area contributed by atoms with Gasteiger partial charge in [-0.05, 0) is 50.6 Å². The van der Waals surface area contributed by atoms with Gasteiger partial charge in [0, 0.05) is 18.3 Å². The Morgan fingerprint density at radius 3 is 2.90 bits per heavy atom. The highest BCUT2D eigenvalue weighted by atomic mass is 16.5. The van der Waals surface area contributed by atoms with Crippen LogP contribution in [0.25, 0.3) is 0 Å². The molecule has 0 bridgehead atoms. The molecule has 1 heterocycles. The summed E-state index contributed by atoms with van der Waals surface area (Å²) in [5.41, 5.74) is 2.87. The lowest BCUT2D eigenvalue weighted by molar-refractivity contribution is 0.397. The Morgan fingerprint density at radius 1 is 1.29 bits per heavy atom. The number of aromatic nitrogens is 1. The van der Waals surface area contributed by atoms with Crippen molar-refractivity contribution in [1.29, 1.82) is 0 Å². The van der Waals surface area contributed by atoms with Crippen LogP contribution in [0.5, 0.6) is 5.88 Å². The van der Waals surface area contributed by atoms with Crippen molar-refractivity contribution in [2.75, 3.05) is 13.7 Å². The third-order valence-electron chi connectivity index (χ3n) is 4.11. The molecule has 0 aliphatic heterocycles. The molecule has 3 heteroatoms. The summed E-state index contributed by atoms with van der Waals surface area (Å²) in [5, 5.41) is 3.72. The van der Waals surface area contributed by atoms with Crippen LogP contribution in [-0.4, -0.2) is 24.7 Å². The molecule has 116 valence electrons. The van der Waals surface area contributed by atoms with Crippen LogP contribution < -0.4 is 10.1 Å². The van der Waals surface area contributed by atoms with Gasteiger partial charge in [0.15, 0.2) is 0 Å². The Bertz CT molecular complexity index is 439. The average molecular weight is 288 g/mol. The fraction of sp³-hybridized carbons (Fsp3) is 0.611. The largest absolute Gasteiger partial charge is 0.481 e. The van der Waals surface area contributed by atoms with Crippen molar-refractivity contribution in [3.63, 3.8) is 0 Å². The Hall–Kier alpha value is -1.35. The Kier molecular flexibility index (Phi) is 6.74. The summed E-state index contributed by atoms with van der Waals surface area (Å²) in [6, 6.07) is 4.54. The topological polar surface area (TPSA) is 34.1 Å². The standard InChI is InChI=1S/C18H28N2O/c1-3-12-19-17(16-8-6-4-5-7-9-16)13-15-10-11-18(21-2)20-14-15/h8,10-11,14,17,19H,3-7,9,12-13H2,1-2H3. The molecular formula is C18H28N2O.